The van der Waals surface area contributed by atoms with E-state index in [9.17, 15) is 13.2 Å². The molecule has 20 heavy (non-hydrogen) atoms. The van der Waals surface area contributed by atoms with Gasteiger partial charge in [0.15, 0.2) is 0 Å². The predicted molar refractivity (Wildman–Crippen MR) is 77.1 cm³/mol. The molecule has 0 atom stereocenters. The van der Waals surface area contributed by atoms with Crippen LogP contribution in [0.25, 0.3) is 0 Å². The highest BCUT2D eigenvalue weighted by Crippen LogP contribution is 2.20. The second-order valence-electron chi connectivity index (χ2n) is 3.80. The van der Waals surface area contributed by atoms with Gasteiger partial charge in [-0.3, -0.25) is 10.1 Å². The molecule has 3 N–H and O–H groups in total. The van der Waals surface area contributed by atoms with Crippen LogP contribution >= 0.6 is 15.9 Å². The number of aliphatic imine (C=N–C) groups is 1. The summed E-state index contributed by atoms with van der Waals surface area (Å²) in [6.45, 7) is 1.69. The van der Waals surface area contributed by atoms with Gasteiger partial charge in [-0.2, -0.15) is 0 Å². The van der Waals surface area contributed by atoms with Crippen molar-refractivity contribution in [3.8, 4) is 0 Å². The van der Waals surface area contributed by atoms with Gasteiger partial charge in [-0.25, -0.2) is 23.2 Å². The molecule has 0 radical (unpaired) electrons. The van der Waals surface area contributed by atoms with E-state index in [4.69, 9.17) is 5.14 Å². The lowest BCUT2D eigenvalue weighted by Crippen LogP contribution is -2.31. The van der Waals surface area contributed by atoms with E-state index in [0.29, 0.717) is 11.7 Å². The lowest BCUT2D eigenvalue weighted by Gasteiger charge is -2.03. The van der Waals surface area contributed by atoms with Crippen molar-refractivity contribution in [3.05, 3.63) is 22.4 Å². The highest BCUT2D eigenvalue weighted by Gasteiger charge is 2.21. The summed E-state index contributed by atoms with van der Waals surface area (Å²) < 4.78 is 26.5. The van der Waals surface area contributed by atoms with Gasteiger partial charge in [0, 0.05) is 10.7 Å². The highest BCUT2D eigenvalue weighted by molar-refractivity contribution is 9.10. The van der Waals surface area contributed by atoms with Crippen LogP contribution in [0.15, 0.2) is 26.6 Å². The fourth-order valence-corrected chi connectivity index (χ4v) is 2.91. The first-order valence-electron chi connectivity index (χ1n) is 5.23. The maximum atomic E-state index is 11.9. The van der Waals surface area contributed by atoms with E-state index in [-0.39, 0.29) is 15.1 Å². The number of carbonyl (C=O) groups is 1. The van der Waals surface area contributed by atoms with Crippen LogP contribution in [-0.4, -0.2) is 37.2 Å². The van der Waals surface area contributed by atoms with Crippen molar-refractivity contribution in [2.75, 3.05) is 0 Å². The maximum Gasteiger partial charge on any atom is 0.389 e. The molecule has 1 aromatic rings. The van der Waals surface area contributed by atoms with Crippen LogP contribution in [0.4, 0.5) is 0 Å². The average Bonchev–Trinajstić information content (AvgIpc) is 2.73. The molecule has 10 heteroatoms. The lowest BCUT2D eigenvalue weighted by atomic mass is 10.3. The zero-order valence-corrected chi connectivity index (χ0v) is 12.6. The van der Waals surface area contributed by atoms with Gasteiger partial charge in [0.25, 0.3) is 12.1 Å². The van der Waals surface area contributed by atoms with Crippen molar-refractivity contribution in [3.63, 3.8) is 0 Å². The Balaban J connectivity index is 2.23. The number of amides is 1. The quantitative estimate of drug-likeness (QED) is 0.669. The fraction of sp³-hybridized carbons (Fsp3) is 0.100. The zero-order valence-electron chi connectivity index (χ0n) is 10.2. The van der Waals surface area contributed by atoms with Crippen LogP contribution in [0.5, 0.6) is 0 Å². The Morgan fingerprint density at radius 1 is 1.50 bits per heavy atom. The number of rotatable bonds is 2. The van der Waals surface area contributed by atoms with E-state index < -0.39 is 15.9 Å². The molecule has 0 bridgehead atoms. The van der Waals surface area contributed by atoms with Crippen molar-refractivity contribution < 1.29 is 13.2 Å². The van der Waals surface area contributed by atoms with Crippen LogP contribution < -0.4 is 15.1 Å². The Hall–Kier alpha value is -1.87. The first-order valence-corrected chi connectivity index (χ1v) is 7.57. The molecule has 1 aromatic heterocycles. The van der Waals surface area contributed by atoms with Crippen molar-refractivity contribution in [2.45, 2.75) is 11.8 Å². The highest BCUT2D eigenvalue weighted by atomic mass is 79.9. The third-order valence-corrected chi connectivity index (χ3v) is 4.11. The molecule has 104 valence electrons. The number of aromatic nitrogens is 1. The number of halogens is 1. The minimum absolute atomic E-state index is 0.0185. The largest absolute Gasteiger partial charge is 0.389 e. The number of primary sulfonamides is 1. The molecule has 0 unspecified atom stereocenters. The van der Waals surface area contributed by atoms with E-state index in [2.05, 4.69) is 35.9 Å². The molecule has 1 amide bonds. The summed E-state index contributed by atoms with van der Waals surface area (Å²) >= 11 is 3.03. The smallest absolute Gasteiger partial charge is 0.280 e. The number of amidine groups is 2. The van der Waals surface area contributed by atoms with Gasteiger partial charge in [0.1, 0.15) is 10.6 Å². The van der Waals surface area contributed by atoms with Gasteiger partial charge in [0.05, 0.1) is 6.92 Å². The van der Waals surface area contributed by atoms with E-state index in [1.165, 1.54) is 12.3 Å². The summed E-state index contributed by atoms with van der Waals surface area (Å²) in [6, 6.07) is 1.26. The Bertz CT molecular complexity index is 793. The molecule has 0 spiro atoms. The summed E-state index contributed by atoms with van der Waals surface area (Å²) in [6.07, 6.45) is 2.41. The van der Waals surface area contributed by atoms with Gasteiger partial charge in [-0.1, -0.05) is 0 Å². The van der Waals surface area contributed by atoms with Crippen LogP contribution in [0.2, 0.25) is 0 Å². The first-order chi connectivity index (χ1) is 9.27. The molecule has 2 heterocycles. The van der Waals surface area contributed by atoms with Crippen molar-refractivity contribution in [1.29, 1.82) is 0 Å². The predicted octanol–water partition coefficient (Wildman–Crippen LogP) is -0.810. The third-order valence-electron chi connectivity index (χ3n) is 2.26. The molecule has 0 fully saturated rings. The number of nitrogens with one attached hydrogen (secondary N) is 1. The molecule has 1 aliphatic heterocycles. The molecule has 8 nitrogen and oxygen atoms in total. The molecule has 0 saturated heterocycles. The standard InChI is InChI=1S/C10H8BrN5O3S/c1-5-13-4-9(15-5)16-10(17)7-2-6(11)8(3-14-7)20(12,18)19/h2-4H,1H3,(H2,12,18,19)/p+1. The number of pyridine rings is 1. The van der Waals surface area contributed by atoms with Gasteiger partial charge >= 0.3 is 11.7 Å². The van der Waals surface area contributed by atoms with E-state index in [0.717, 1.165) is 6.20 Å². The van der Waals surface area contributed by atoms with E-state index in [1.807, 2.05) is 0 Å². The van der Waals surface area contributed by atoms with E-state index in [1.54, 1.807) is 6.92 Å². The van der Waals surface area contributed by atoms with Crippen LogP contribution in [0.3, 0.4) is 0 Å². The molecule has 0 saturated carbocycles. The zero-order chi connectivity index (χ0) is 14.9. The van der Waals surface area contributed by atoms with Crippen molar-refractivity contribution in [1.82, 2.24) is 15.0 Å². The number of sulfonamides is 1. The van der Waals surface area contributed by atoms with Gasteiger partial charge < -0.3 is 0 Å². The number of nitrogens with two attached hydrogens (primary N) is 1. The minimum Gasteiger partial charge on any atom is -0.280 e. The van der Waals surface area contributed by atoms with Crippen LogP contribution in [0, 0.1) is 0 Å². The first kappa shape index (κ1) is 14.5. The normalized spacial score (nSPS) is 13.9. The summed E-state index contributed by atoms with van der Waals surface area (Å²) in [4.78, 5) is 19.4. The van der Waals surface area contributed by atoms with Gasteiger partial charge in [-0.15, -0.1) is 0 Å². The lowest BCUT2D eigenvalue weighted by molar-refractivity contribution is 0.0972. The summed E-state index contributed by atoms with van der Waals surface area (Å²) in [7, 11) is -3.89. The molecular weight excluding hydrogens is 350 g/mol. The van der Waals surface area contributed by atoms with Crippen molar-refractivity contribution in [2.24, 2.45) is 10.1 Å². The minimum atomic E-state index is -3.89. The molecule has 1 aliphatic rings. The Morgan fingerprint density at radius 2 is 2.20 bits per heavy atom. The van der Waals surface area contributed by atoms with Crippen LogP contribution in [-0.2, 0) is 10.0 Å². The summed E-state index contributed by atoms with van der Waals surface area (Å²) in [5.74, 6) is 0.284. The van der Waals surface area contributed by atoms with Crippen molar-refractivity contribution >= 4 is 49.7 Å². The van der Waals surface area contributed by atoms with E-state index >= 15 is 0 Å². The third kappa shape index (κ3) is 3.17. The SMILES string of the molecule is CC1=[N+]=CC(NC(=O)c2cc(Br)c(S(N)(=O)=O)cn2)=N1. The Kier molecular flexibility index (Phi) is 3.82. The number of hydrogen-bond donors (Lipinski definition) is 2. The second-order valence-corrected chi connectivity index (χ2v) is 6.19. The molecular formula is C10H9BrN5O3S+. The number of carbonyl (C=O) groups excluding carboxylic acids is 1. The maximum absolute atomic E-state index is 11.9. The number of hydrogen-bond acceptors (Lipinski definition) is 5. The summed E-state index contributed by atoms with van der Waals surface area (Å²) in [5, 5.41) is 7.48. The number of nitrogens with zero attached hydrogens (tertiary/aromatic N) is 3. The molecule has 0 aromatic carbocycles. The fourth-order valence-electron chi connectivity index (χ4n) is 1.38. The topological polar surface area (TPSA) is 129 Å². The molecule has 0 aliphatic carbocycles. The van der Waals surface area contributed by atoms with Gasteiger partial charge in [0.2, 0.25) is 10.0 Å². The van der Waals surface area contributed by atoms with Gasteiger partial charge in [-0.05, 0) is 27.0 Å². The Labute approximate surface area is 122 Å². The average molecular weight is 359 g/mol. The second kappa shape index (κ2) is 5.25. The monoisotopic (exact) mass is 358 g/mol. The molecule has 2 rings (SSSR count). The Morgan fingerprint density at radius 3 is 2.70 bits per heavy atom. The van der Waals surface area contributed by atoms with Crippen LogP contribution in [0.1, 0.15) is 17.4 Å². The summed E-state index contributed by atoms with van der Waals surface area (Å²) in [5.41, 5.74) is 0.0185.